The molecule has 9 nitrogen and oxygen atoms in total. The summed E-state index contributed by atoms with van der Waals surface area (Å²) in [6, 6.07) is 1.76. The minimum atomic E-state index is -0.552. The number of hydrogen-bond acceptors (Lipinski definition) is 6. The van der Waals surface area contributed by atoms with E-state index in [0.29, 0.717) is 29.7 Å². The number of ketones is 1. The van der Waals surface area contributed by atoms with E-state index in [4.69, 9.17) is 4.74 Å². The van der Waals surface area contributed by atoms with E-state index in [2.05, 4.69) is 15.2 Å². The van der Waals surface area contributed by atoms with Crippen LogP contribution in [0.4, 0.5) is 4.79 Å². The van der Waals surface area contributed by atoms with Crippen molar-refractivity contribution in [2.75, 3.05) is 7.05 Å². The van der Waals surface area contributed by atoms with Gasteiger partial charge in [-0.2, -0.15) is 10.2 Å². The molecule has 4 rings (SSSR count). The zero-order valence-corrected chi connectivity index (χ0v) is 18.6. The number of rotatable bonds is 4. The first-order valence-electron chi connectivity index (χ1n) is 10.5. The zero-order chi connectivity index (χ0) is 22.3. The van der Waals surface area contributed by atoms with Crippen LogP contribution in [0.5, 0.6) is 0 Å². The smallest absolute Gasteiger partial charge is 0.410 e. The van der Waals surface area contributed by atoms with Gasteiger partial charge in [-0.05, 0) is 46.1 Å². The number of carbonyl (C=O) groups is 2. The first kappa shape index (κ1) is 21.0. The molecule has 0 bridgehead atoms. The molecule has 1 aliphatic rings. The highest BCUT2D eigenvalue weighted by molar-refractivity contribution is 6.02. The molecule has 0 saturated heterocycles. The lowest BCUT2D eigenvalue weighted by Gasteiger charge is -2.28. The Morgan fingerprint density at radius 1 is 1.19 bits per heavy atom. The van der Waals surface area contributed by atoms with Crippen molar-refractivity contribution in [3.05, 3.63) is 36.5 Å². The van der Waals surface area contributed by atoms with Crippen LogP contribution in [-0.4, -0.2) is 59.8 Å². The highest BCUT2D eigenvalue weighted by atomic mass is 16.6. The highest BCUT2D eigenvalue weighted by Gasteiger charge is 2.36. The molecule has 0 aliphatic heterocycles. The molecule has 3 aromatic rings. The van der Waals surface area contributed by atoms with Crippen LogP contribution in [0, 0.1) is 5.92 Å². The number of fused-ring (bicyclic) bond motifs is 1. The third kappa shape index (κ3) is 4.30. The van der Waals surface area contributed by atoms with Gasteiger partial charge in [-0.15, -0.1) is 0 Å². The van der Waals surface area contributed by atoms with Gasteiger partial charge < -0.3 is 9.64 Å². The lowest BCUT2D eigenvalue weighted by atomic mass is 9.98. The second-order valence-corrected chi connectivity index (χ2v) is 9.16. The average molecular weight is 425 g/mol. The van der Waals surface area contributed by atoms with Crippen LogP contribution in [0.1, 0.15) is 50.5 Å². The molecule has 3 heterocycles. The van der Waals surface area contributed by atoms with E-state index in [1.165, 1.54) is 0 Å². The first-order chi connectivity index (χ1) is 14.6. The van der Waals surface area contributed by atoms with Crippen molar-refractivity contribution < 1.29 is 14.3 Å². The summed E-state index contributed by atoms with van der Waals surface area (Å²) in [5, 5.41) is 8.51. The van der Waals surface area contributed by atoms with Crippen molar-refractivity contribution in [1.82, 2.24) is 29.3 Å². The van der Waals surface area contributed by atoms with Crippen molar-refractivity contribution in [3.8, 4) is 11.3 Å². The standard InChI is InChI=1S/C22H28N6O3/c1-22(2,3)31-21(30)27(5)16-7-6-14(10-16)20(29)19-18-8-9-23-28(18)13-17(25-19)15-11-24-26(4)12-15/h8-9,11-14,16H,6-7,10H2,1-5H3. The molecule has 164 valence electrons. The minimum Gasteiger partial charge on any atom is -0.444 e. The molecule has 0 spiro atoms. The molecular weight excluding hydrogens is 396 g/mol. The summed E-state index contributed by atoms with van der Waals surface area (Å²) in [5.74, 6) is -0.221. The summed E-state index contributed by atoms with van der Waals surface area (Å²) in [5.41, 5.74) is 2.01. The summed E-state index contributed by atoms with van der Waals surface area (Å²) in [7, 11) is 3.57. The number of carbonyl (C=O) groups excluding carboxylic acids is 2. The van der Waals surface area contributed by atoms with Crippen molar-refractivity contribution in [1.29, 1.82) is 0 Å². The Labute approximate surface area is 181 Å². The first-order valence-corrected chi connectivity index (χ1v) is 10.5. The van der Waals surface area contributed by atoms with E-state index < -0.39 is 5.60 Å². The average Bonchev–Trinajstić information content (AvgIpc) is 3.44. The van der Waals surface area contributed by atoms with Crippen LogP contribution >= 0.6 is 0 Å². The number of amides is 1. The fourth-order valence-electron chi connectivity index (χ4n) is 4.02. The lowest BCUT2D eigenvalue weighted by Crippen LogP contribution is -2.39. The number of nitrogens with zero attached hydrogens (tertiary/aromatic N) is 6. The topological polar surface area (TPSA) is 94.6 Å². The van der Waals surface area contributed by atoms with Gasteiger partial charge in [0.25, 0.3) is 0 Å². The quantitative estimate of drug-likeness (QED) is 0.596. The Balaban J connectivity index is 1.56. The van der Waals surface area contributed by atoms with E-state index in [0.717, 1.165) is 12.0 Å². The van der Waals surface area contributed by atoms with Gasteiger partial charge in [0.1, 0.15) is 11.3 Å². The van der Waals surface area contributed by atoms with E-state index in [1.807, 2.05) is 34.0 Å². The number of aryl methyl sites for hydroxylation is 1. The Kier molecular flexibility index (Phi) is 5.28. The van der Waals surface area contributed by atoms with Gasteiger partial charge in [0, 0.05) is 37.8 Å². The van der Waals surface area contributed by atoms with Gasteiger partial charge >= 0.3 is 6.09 Å². The molecule has 2 unspecified atom stereocenters. The molecule has 1 amide bonds. The lowest BCUT2D eigenvalue weighted by molar-refractivity contribution is 0.0223. The molecule has 0 radical (unpaired) electrons. The van der Waals surface area contributed by atoms with Crippen LogP contribution < -0.4 is 0 Å². The van der Waals surface area contributed by atoms with Crippen LogP contribution in [-0.2, 0) is 11.8 Å². The van der Waals surface area contributed by atoms with Gasteiger partial charge in [0.05, 0.1) is 29.8 Å². The number of Topliss-reactive ketones (excluding diaryl/α,β-unsaturated/α-hetero) is 1. The zero-order valence-electron chi connectivity index (χ0n) is 18.6. The predicted molar refractivity (Wildman–Crippen MR) is 115 cm³/mol. The summed E-state index contributed by atoms with van der Waals surface area (Å²) in [6.45, 7) is 5.53. The third-order valence-corrected chi connectivity index (χ3v) is 5.63. The molecule has 0 N–H and O–H groups in total. The molecule has 2 atom stereocenters. The maximum atomic E-state index is 13.5. The second-order valence-electron chi connectivity index (χ2n) is 9.16. The van der Waals surface area contributed by atoms with E-state index in [9.17, 15) is 9.59 Å². The maximum absolute atomic E-state index is 13.5. The van der Waals surface area contributed by atoms with Crippen molar-refractivity contribution >= 4 is 17.4 Å². The molecule has 3 aromatic heterocycles. The third-order valence-electron chi connectivity index (χ3n) is 5.63. The fourth-order valence-corrected chi connectivity index (χ4v) is 4.02. The van der Waals surface area contributed by atoms with E-state index in [-0.39, 0.29) is 23.8 Å². The Bertz CT molecular complexity index is 1130. The Morgan fingerprint density at radius 3 is 2.65 bits per heavy atom. The van der Waals surface area contributed by atoms with Crippen LogP contribution in [0.3, 0.4) is 0 Å². The molecule has 9 heteroatoms. The molecular formula is C22H28N6O3. The van der Waals surface area contributed by atoms with Crippen LogP contribution in [0.2, 0.25) is 0 Å². The largest absolute Gasteiger partial charge is 0.444 e. The second kappa shape index (κ2) is 7.79. The molecule has 31 heavy (non-hydrogen) atoms. The van der Waals surface area contributed by atoms with Crippen LogP contribution in [0.25, 0.3) is 16.8 Å². The molecule has 1 fully saturated rings. The summed E-state index contributed by atoms with van der Waals surface area (Å²) in [6.07, 6.45) is 8.72. The van der Waals surface area contributed by atoms with Crippen molar-refractivity contribution in [2.24, 2.45) is 13.0 Å². The molecule has 1 aliphatic carbocycles. The summed E-state index contributed by atoms with van der Waals surface area (Å²) < 4.78 is 8.85. The van der Waals surface area contributed by atoms with E-state index >= 15 is 0 Å². The molecule has 1 saturated carbocycles. The number of ether oxygens (including phenoxy) is 1. The van der Waals surface area contributed by atoms with Gasteiger partial charge in [-0.3, -0.25) is 9.48 Å². The molecule has 0 aromatic carbocycles. The maximum Gasteiger partial charge on any atom is 0.410 e. The minimum absolute atomic E-state index is 0.0173. The Hall–Kier alpha value is -3.23. The van der Waals surface area contributed by atoms with Crippen LogP contribution in [0.15, 0.2) is 30.9 Å². The van der Waals surface area contributed by atoms with Gasteiger partial charge in [-0.1, -0.05) is 0 Å². The predicted octanol–water partition coefficient (Wildman–Crippen LogP) is 3.35. The van der Waals surface area contributed by atoms with Crippen molar-refractivity contribution in [3.63, 3.8) is 0 Å². The number of aromatic nitrogens is 5. The highest BCUT2D eigenvalue weighted by Crippen LogP contribution is 2.33. The fraction of sp³-hybridized carbons (Fsp3) is 0.500. The Morgan fingerprint density at radius 2 is 1.97 bits per heavy atom. The normalized spacial score (nSPS) is 19.0. The van der Waals surface area contributed by atoms with E-state index in [1.54, 1.807) is 45.8 Å². The van der Waals surface area contributed by atoms with Gasteiger partial charge in [-0.25, -0.2) is 14.3 Å². The van der Waals surface area contributed by atoms with Gasteiger partial charge in [0.2, 0.25) is 0 Å². The van der Waals surface area contributed by atoms with Gasteiger partial charge in [0.15, 0.2) is 5.78 Å². The number of hydrogen-bond donors (Lipinski definition) is 0. The monoisotopic (exact) mass is 424 g/mol. The summed E-state index contributed by atoms with van der Waals surface area (Å²) in [4.78, 5) is 32.2. The summed E-state index contributed by atoms with van der Waals surface area (Å²) >= 11 is 0. The SMILES string of the molecule is CN(C(=O)OC(C)(C)C)C1CCC(C(=O)c2nc(-c3cnn(C)c3)cn3nccc23)C1. The van der Waals surface area contributed by atoms with Crippen molar-refractivity contribution in [2.45, 2.75) is 51.7 Å².